The minimum Gasteiger partial charge on any atom is -0.325 e. The van der Waals surface area contributed by atoms with Crippen LogP contribution < -0.4 is 27.6 Å². The summed E-state index contributed by atoms with van der Waals surface area (Å²) in [5, 5.41) is 0. The van der Waals surface area contributed by atoms with Crippen molar-refractivity contribution in [1.29, 1.82) is 0 Å². The van der Waals surface area contributed by atoms with E-state index < -0.39 is 6.15 Å². The maximum Gasteiger partial charge on any atom is 0.131 e. The largest absolute Gasteiger partial charge is 0.325 e. The van der Waals surface area contributed by atoms with Gasteiger partial charge in [-0.3, -0.25) is 0 Å². The lowest BCUT2D eigenvalue weighted by Gasteiger charge is -2.44. The molecule has 0 aliphatic heterocycles. The first-order chi connectivity index (χ1) is 17.7. The molecule has 0 atom stereocenters. The van der Waals surface area contributed by atoms with Crippen LogP contribution in [0.2, 0.25) is 0 Å². The molecule has 1 nitrogen and oxygen atoms in total. The fraction of sp³-hybridized carbons (Fsp3) is 0.118. The zero-order chi connectivity index (χ0) is 25.2. The van der Waals surface area contributed by atoms with Crippen LogP contribution in [0.1, 0.15) is 25.0 Å². The Kier molecular flexibility index (Phi) is 8.55. The lowest BCUT2D eigenvalue weighted by atomic mass is 9.13. The van der Waals surface area contributed by atoms with Crippen LogP contribution in [0.3, 0.4) is 0 Å². The highest BCUT2D eigenvalue weighted by atomic mass is 14.6. The Morgan fingerprint density at radius 3 is 1.08 bits per heavy atom. The molecule has 5 aromatic carbocycles. The number of rotatable bonds is 6. The van der Waals surface area contributed by atoms with Gasteiger partial charge in [-0.1, -0.05) is 147 Å². The normalized spacial score (nSPS) is 10.9. The van der Waals surface area contributed by atoms with E-state index in [9.17, 15) is 0 Å². The molecule has 0 aliphatic rings. The van der Waals surface area contributed by atoms with Crippen LogP contribution in [0.4, 0.5) is 5.69 Å². The number of hydrogen-bond acceptors (Lipinski definition) is 0. The van der Waals surface area contributed by atoms with Crippen LogP contribution in [0.15, 0.2) is 140 Å². The van der Waals surface area contributed by atoms with Crippen molar-refractivity contribution in [2.75, 3.05) is 0 Å². The Labute approximate surface area is 216 Å². The summed E-state index contributed by atoms with van der Waals surface area (Å²) in [6.45, 7) is 4.37. The molecule has 0 spiro atoms. The van der Waals surface area contributed by atoms with Gasteiger partial charge in [-0.25, -0.2) is 0 Å². The van der Waals surface area contributed by atoms with E-state index in [2.05, 4.69) is 159 Å². The van der Waals surface area contributed by atoms with E-state index in [0.717, 1.165) is 12.8 Å². The maximum absolute atomic E-state index is 4.00. The van der Waals surface area contributed by atoms with Gasteiger partial charge in [0.05, 0.1) is 0 Å². The average Bonchev–Trinajstić information content (AvgIpc) is 2.96. The minimum absolute atomic E-state index is 1.10. The topological polar surface area (TPSA) is 27.6 Å². The summed E-state index contributed by atoms with van der Waals surface area (Å²) in [5.74, 6) is 0. The quantitative estimate of drug-likeness (QED) is 0.348. The Bertz CT molecular complexity index is 1170. The number of benzene rings is 5. The van der Waals surface area contributed by atoms with Crippen molar-refractivity contribution in [2.45, 2.75) is 26.7 Å². The van der Waals surface area contributed by atoms with Crippen molar-refractivity contribution in [1.82, 2.24) is 0 Å². The van der Waals surface area contributed by atoms with Gasteiger partial charge in [-0.2, -0.15) is 21.9 Å². The predicted octanol–water partition coefficient (Wildman–Crippen LogP) is 4.75. The molecule has 2 heteroatoms. The van der Waals surface area contributed by atoms with Gasteiger partial charge in [-0.05, 0) is 24.5 Å². The smallest absolute Gasteiger partial charge is 0.131 e. The van der Waals surface area contributed by atoms with Crippen LogP contribution in [-0.2, 0) is 12.8 Å². The first-order valence-electron chi connectivity index (χ1n) is 13.0. The summed E-state index contributed by atoms with van der Waals surface area (Å²) < 4.78 is 0. The number of aryl methyl sites for hydroxylation is 1. The second-order valence-corrected chi connectivity index (χ2v) is 9.27. The third kappa shape index (κ3) is 5.20. The number of hydrogen-bond donors (Lipinski definition) is 1. The van der Waals surface area contributed by atoms with Crippen molar-refractivity contribution < 1.29 is 5.73 Å². The predicted molar refractivity (Wildman–Crippen MR) is 158 cm³/mol. The SMILES string of the molecule is CCc1cccc([NH3+])c1CC.c1ccc([B-](c2ccccc2)(c2ccccc2)c2ccccc2)cc1. The van der Waals surface area contributed by atoms with E-state index >= 15 is 0 Å². The van der Waals surface area contributed by atoms with Crippen LogP contribution in [-0.4, -0.2) is 6.15 Å². The van der Waals surface area contributed by atoms with E-state index in [4.69, 9.17) is 0 Å². The Hall–Kier alpha value is -3.88. The van der Waals surface area contributed by atoms with Crippen molar-refractivity contribution in [3.05, 3.63) is 151 Å². The Morgan fingerprint density at radius 2 is 0.806 bits per heavy atom. The fourth-order valence-electron chi connectivity index (χ4n) is 5.59. The van der Waals surface area contributed by atoms with Gasteiger partial charge in [0.1, 0.15) is 11.8 Å². The average molecular weight is 469 g/mol. The summed E-state index contributed by atoms with van der Waals surface area (Å²) in [5.41, 5.74) is 13.4. The van der Waals surface area contributed by atoms with E-state index in [0.29, 0.717) is 0 Å². The van der Waals surface area contributed by atoms with Gasteiger partial charge in [-0.15, -0.1) is 0 Å². The molecule has 0 saturated carbocycles. The van der Waals surface area contributed by atoms with Crippen molar-refractivity contribution in [2.24, 2.45) is 0 Å². The Morgan fingerprint density at radius 1 is 0.444 bits per heavy atom. The molecule has 180 valence electrons. The van der Waals surface area contributed by atoms with Crippen LogP contribution in [0.5, 0.6) is 0 Å². The molecular weight excluding hydrogens is 433 g/mol. The summed E-state index contributed by atoms with van der Waals surface area (Å²) in [4.78, 5) is 0. The van der Waals surface area contributed by atoms with Gasteiger partial charge in [0.2, 0.25) is 0 Å². The summed E-state index contributed by atoms with van der Waals surface area (Å²) in [6, 6.07) is 49.9. The molecule has 5 aromatic rings. The first kappa shape index (κ1) is 25.2. The van der Waals surface area contributed by atoms with Gasteiger partial charge < -0.3 is 5.73 Å². The molecule has 0 aliphatic carbocycles. The third-order valence-electron chi connectivity index (χ3n) is 7.30. The Balaban J connectivity index is 0.000000233. The first-order valence-corrected chi connectivity index (χ1v) is 13.0. The molecule has 0 amide bonds. The summed E-state index contributed by atoms with van der Waals surface area (Å²) in [6.07, 6.45) is 1.00. The van der Waals surface area contributed by atoms with E-state index in [1.54, 1.807) is 0 Å². The number of quaternary nitrogens is 1. The molecule has 0 fully saturated rings. The zero-order valence-corrected chi connectivity index (χ0v) is 21.5. The molecule has 0 heterocycles. The van der Waals surface area contributed by atoms with Crippen molar-refractivity contribution in [3.63, 3.8) is 0 Å². The fourth-order valence-corrected chi connectivity index (χ4v) is 5.59. The van der Waals surface area contributed by atoms with E-state index in [1.807, 2.05) is 0 Å². The second kappa shape index (κ2) is 12.2. The molecule has 0 unspecified atom stereocenters. The molecule has 5 rings (SSSR count). The van der Waals surface area contributed by atoms with Crippen LogP contribution >= 0.6 is 0 Å². The summed E-state index contributed by atoms with van der Waals surface area (Å²) in [7, 11) is 0. The van der Waals surface area contributed by atoms with Gasteiger partial charge in [0, 0.05) is 5.56 Å². The van der Waals surface area contributed by atoms with Crippen molar-refractivity contribution in [3.8, 4) is 0 Å². The third-order valence-corrected chi connectivity index (χ3v) is 7.30. The van der Waals surface area contributed by atoms with Gasteiger partial charge in [0.15, 0.2) is 0 Å². The lowest BCUT2D eigenvalue weighted by molar-refractivity contribution is -0.255. The van der Waals surface area contributed by atoms with E-state index in [1.165, 1.54) is 38.7 Å². The maximum atomic E-state index is 4.00. The van der Waals surface area contributed by atoms with Crippen LogP contribution in [0, 0.1) is 0 Å². The molecular formula is C34H36BN. The molecule has 0 bridgehead atoms. The highest BCUT2D eigenvalue weighted by molar-refractivity contribution is 7.19. The second-order valence-electron chi connectivity index (χ2n) is 9.27. The van der Waals surface area contributed by atoms with Crippen LogP contribution in [0.25, 0.3) is 0 Å². The molecule has 36 heavy (non-hydrogen) atoms. The monoisotopic (exact) mass is 469 g/mol. The van der Waals surface area contributed by atoms with Gasteiger partial charge in [0.25, 0.3) is 0 Å². The van der Waals surface area contributed by atoms with Gasteiger partial charge >= 0.3 is 0 Å². The molecule has 3 N–H and O–H groups in total. The molecule has 0 aromatic heterocycles. The van der Waals surface area contributed by atoms with E-state index in [-0.39, 0.29) is 0 Å². The highest BCUT2D eigenvalue weighted by Crippen LogP contribution is 2.16. The highest BCUT2D eigenvalue weighted by Gasteiger charge is 2.31. The summed E-state index contributed by atoms with van der Waals surface area (Å²) >= 11 is 0. The zero-order valence-electron chi connectivity index (χ0n) is 21.5. The standard InChI is InChI=1S/C24H20B.C10H15N/c1-5-13-21(14-6-1)25(22-15-7-2-8-16-22,23-17-9-3-10-18-23)24-19-11-4-12-20-24;1-3-8-6-5-7-10(11)9(8)4-2/h1-20H;5-7H,3-4,11H2,1-2H3/q-1;/p+1. The molecule has 0 saturated heterocycles. The van der Waals surface area contributed by atoms with Crippen molar-refractivity contribution >= 4 is 33.7 Å². The lowest BCUT2D eigenvalue weighted by Crippen LogP contribution is -2.74. The minimum atomic E-state index is -1.22. The molecule has 0 radical (unpaired) electrons.